The van der Waals surface area contributed by atoms with Crippen molar-refractivity contribution in [2.45, 2.75) is 6.92 Å². The van der Waals surface area contributed by atoms with Gasteiger partial charge < -0.3 is 4.98 Å². The number of hydrogen-bond acceptors (Lipinski definition) is 1. The van der Waals surface area contributed by atoms with E-state index in [9.17, 15) is 0 Å². The van der Waals surface area contributed by atoms with Gasteiger partial charge in [-0.25, -0.2) is 0 Å². The average Bonchev–Trinajstić information content (AvgIpc) is 2.30. The number of nitrogens with one attached hydrogen (secondary N) is 2. The van der Waals surface area contributed by atoms with Crippen LogP contribution in [0, 0.1) is 12.3 Å². The normalized spacial score (nSPS) is 10.4. The molecule has 12 heavy (non-hydrogen) atoms. The zero-order valence-electron chi connectivity index (χ0n) is 6.89. The molecule has 2 aromatic rings. The van der Waals surface area contributed by atoms with Crippen molar-refractivity contribution in [2.24, 2.45) is 0 Å². The zero-order valence-corrected chi connectivity index (χ0v) is 6.89. The summed E-state index contributed by atoms with van der Waals surface area (Å²) in [4.78, 5) is 3.09. The maximum Gasteiger partial charge on any atom is 0.0780 e. The molecular weight excluding hydrogens is 148 g/mol. The molecule has 0 amide bonds. The van der Waals surface area contributed by atoms with Gasteiger partial charge in [-0.1, -0.05) is 18.2 Å². The Labute approximate surface area is 70.4 Å². The molecule has 0 saturated carbocycles. The van der Waals surface area contributed by atoms with Crippen LogP contribution < -0.4 is 5.36 Å². The smallest absolute Gasteiger partial charge is 0.0780 e. The van der Waals surface area contributed by atoms with Crippen LogP contribution in [-0.2, 0) is 0 Å². The lowest BCUT2D eigenvalue weighted by atomic mass is 10.2. The lowest BCUT2D eigenvalue weighted by Crippen LogP contribution is -1.94. The maximum atomic E-state index is 7.67. The molecule has 60 valence electrons. The SMILES string of the molecule is Cc1c[nH]c2c(=N)ccccc12. The van der Waals surface area contributed by atoms with Crippen LogP contribution in [-0.4, -0.2) is 4.98 Å². The maximum absolute atomic E-state index is 7.67. The largest absolute Gasteiger partial charge is 0.359 e. The van der Waals surface area contributed by atoms with Crippen molar-refractivity contribution < 1.29 is 0 Å². The van der Waals surface area contributed by atoms with E-state index < -0.39 is 0 Å². The molecule has 0 atom stereocenters. The molecule has 0 aliphatic carbocycles. The van der Waals surface area contributed by atoms with Gasteiger partial charge in [0.1, 0.15) is 0 Å². The second-order valence-corrected chi connectivity index (χ2v) is 2.89. The van der Waals surface area contributed by atoms with Crippen LogP contribution in [0.1, 0.15) is 5.56 Å². The molecule has 0 radical (unpaired) electrons. The van der Waals surface area contributed by atoms with E-state index in [0.29, 0.717) is 5.36 Å². The van der Waals surface area contributed by atoms with E-state index in [1.807, 2.05) is 31.3 Å². The second kappa shape index (κ2) is 2.48. The molecule has 1 aromatic carbocycles. The molecule has 2 nitrogen and oxygen atoms in total. The number of H-pyrrole nitrogens is 1. The van der Waals surface area contributed by atoms with Gasteiger partial charge in [0.25, 0.3) is 0 Å². The van der Waals surface area contributed by atoms with Gasteiger partial charge in [-0.15, -0.1) is 0 Å². The van der Waals surface area contributed by atoms with Crippen molar-refractivity contribution in [3.63, 3.8) is 0 Å². The second-order valence-electron chi connectivity index (χ2n) is 2.89. The average molecular weight is 158 g/mol. The highest BCUT2D eigenvalue weighted by atomic mass is 14.7. The van der Waals surface area contributed by atoms with Gasteiger partial charge in [0.15, 0.2) is 0 Å². The van der Waals surface area contributed by atoms with E-state index in [1.54, 1.807) is 6.07 Å². The Hall–Kier alpha value is -1.57. The minimum atomic E-state index is 0.545. The summed E-state index contributed by atoms with van der Waals surface area (Å²) in [6.07, 6.45) is 1.93. The minimum absolute atomic E-state index is 0.545. The molecule has 0 spiro atoms. The van der Waals surface area contributed by atoms with E-state index in [4.69, 9.17) is 5.41 Å². The molecule has 2 heteroatoms. The minimum Gasteiger partial charge on any atom is -0.359 e. The third-order valence-corrected chi connectivity index (χ3v) is 2.03. The predicted molar refractivity (Wildman–Crippen MR) is 48.9 cm³/mol. The first-order valence-corrected chi connectivity index (χ1v) is 3.90. The Bertz CT molecular complexity index is 468. The molecule has 0 unspecified atom stereocenters. The van der Waals surface area contributed by atoms with Gasteiger partial charge >= 0.3 is 0 Å². The fraction of sp³-hybridized carbons (Fsp3) is 0.100. The van der Waals surface area contributed by atoms with Gasteiger partial charge in [0.2, 0.25) is 0 Å². The van der Waals surface area contributed by atoms with E-state index in [1.165, 1.54) is 5.56 Å². The number of hydrogen-bond donors (Lipinski definition) is 2. The Balaban J connectivity index is 3.08. The molecule has 1 heterocycles. The topological polar surface area (TPSA) is 39.6 Å². The molecule has 2 N–H and O–H groups in total. The lowest BCUT2D eigenvalue weighted by molar-refractivity contribution is 1.28. The number of fused-ring (bicyclic) bond motifs is 1. The zero-order chi connectivity index (χ0) is 8.55. The van der Waals surface area contributed by atoms with E-state index in [0.717, 1.165) is 10.9 Å². The van der Waals surface area contributed by atoms with Crippen LogP contribution in [0.4, 0.5) is 0 Å². The van der Waals surface area contributed by atoms with Crippen molar-refractivity contribution in [1.82, 2.24) is 4.98 Å². The Morgan fingerprint density at radius 2 is 2.00 bits per heavy atom. The summed E-state index contributed by atoms with van der Waals surface area (Å²) >= 11 is 0. The Morgan fingerprint density at radius 1 is 1.25 bits per heavy atom. The highest BCUT2D eigenvalue weighted by Crippen LogP contribution is 2.11. The summed E-state index contributed by atoms with van der Waals surface area (Å²) in [6, 6.07) is 7.66. The summed E-state index contributed by atoms with van der Waals surface area (Å²) in [5.74, 6) is 0. The number of rotatable bonds is 0. The summed E-state index contributed by atoms with van der Waals surface area (Å²) < 4.78 is 0. The van der Waals surface area contributed by atoms with Crippen molar-refractivity contribution in [3.05, 3.63) is 41.4 Å². The molecule has 2 rings (SSSR count). The summed E-state index contributed by atoms with van der Waals surface area (Å²) in [6.45, 7) is 2.04. The number of aromatic amines is 1. The Morgan fingerprint density at radius 3 is 2.83 bits per heavy atom. The first-order valence-electron chi connectivity index (χ1n) is 3.90. The molecule has 0 bridgehead atoms. The quantitative estimate of drug-likeness (QED) is 0.588. The van der Waals surface area contributed by atoms with Gasteiger partial charge in [-0.2, -0.15) is 0 Å². The standard InChI is InChI=1S/C10H10N2/c1-7-6-12-10-8(7)4-2-3-5-9(10)11/h2-6,11-12H,1H3. The van der Waals surface area contributed by atoms with E-state index in [-0.39, 0.29) is 0 Å². The van der Waals surface area contributed by atoms with Crippen molar-refractivity contribution >= 4 is 10.9 Å². The predicted octanol–water partition coefficient (Wildman–Crippen LogP) is 1.96. The lowest BCUT2D eigenvalue weighted by Gasteiger charge is -1.81. The van der Waals surface area contributed by atoms with Crippen molar-refractivity contribution in [3.8, 4) is 0 Å². The van der Waals surface area contributed by atoms with Gasteiger partial charge in [-0.05, 0) is 18.6 Å². The van der Waals surface area contributed by atoms with Crippen molar-refractivity contribution in [2.75, 3.05) is 0 Å². The highest BCUT2D eigenvalue weighted by Gasteiger charge is 1.96. The van der Waals surface area contributed by atoms with Crippen LogP contribution in [0.15, 0.2) is 30.5 Å². The van der Waals surface area contributed by atoms with E-state index in [2.05, 4.69) is 4.98 Å². The van der Waals surface area contributed by atoms with Gasteiger partial charge in [0.05, 0.1) is 10.9 Å². The molecular formula is C10H10N2. The van der Waals surface area contributed by atoms with E-state index >= 15 is 0 Å². The van der Waals surface area contributed by atoms with Crippen LogP contribution in [0.25, 0.3) is 10.9 Å². The summed E-state index contributed by atoms with van der Waals surface area (Å²) in [5.41, 5.74) is 2.10. The summed E-state index contributed by atoms with van der Waals surface area (Å²) in [5, 5.41) is 9.34. The highest BCUT2D eigenvalue weighted by molar-refractivity contribution is 5.81. The van der Waals surface area contributed by atoms with Crippen LogP contribution in [0.2, 0.25) is 0 Å². The van der Waals surface area contributed by atoms with Gasteiger partial charge in [-0.3, -0.25) is 5.41 Å². The molecule has 0 aliphatic rings. The third kappa shape index (κ3) is 0.925. The van der Waals surface area contributed by atoms with Crippen LogP contribution in [0.3, 0.4) is 0 Å². The molecule has 0 aliphatic heterocycles. The van der Waals surface area contributed by atoms with Crippen LogP contribution >= 0.6 is 0 Å². The summed E-state index contributed by atoms with van der Waals surface area (Å²) in [7, 11) is 0. The first kappa shape index (κ1) is 7.10. The molecule has 0 saturated heterocycles. The van der Waals surface area contributed by atoms with Crippen molar-refractivity contribution in [1.29, 1.82) is 5.41 Å². The third-order valence-electron chi connectivity index (χ3n) is 2.03. The monoisotopic (exact) mass is 158 g/mol. The fourth-order valence-corrected chi connectivity index (χ4v) is 1.36. The van der Waals surface area contributed by atoms with Gasteiger partial charge in [0, 0.05) is 11.6 Å². The number of aromatic nitrogens is 1. The fourth-order valence-electron chi connectivity index (χ4n) is 1.36. The Kier molecular flexibility index (Phi) is 1.47. The molecule has 1 aromatic heterocycles. The molecule has 0 fully saturated rings. The van der Waals surface area contributed by atoms with Crippen LogP contribution in [0.5, 0.6) is 0 Å². The first-order chi connectivity index (χ1) is 5.79. The number of aryl methyl sites for hydroxylation is 1.